The van der Waals surface area contributed by atoms with Crippen molar-refractivity contribution < 1.29 is 19.3 Å². The maximum absolute atomic E-state index is 8.94. The standard InChI is InChI=1S/C10H22O4/c1-4-13-10(14-5-2)6-7-12-8-9(3)11/h9-11H,4-8H2,1-3H3. The van der Waals surface area contributed by atoms with Crippen molar-refractivity contribution in [1.82, 2.24) is 0 Å². The van der Waals surface area contributed by atoms with Crippen LogP contribution in [0, 0.1) is 0 Å². The topological polar surface area (TPSA) is 47.9 Å². The van der Waals surface area contributed by atoms with E-state index in [0.717, 1.165) is 0 Å². The second-order valence-electron chi connectivity index (χ2n) is 3.05. The van der Waals surface area contributed by atoms with Gasteiger partial charge in [-0.1, -0.05) is 0 Å². The molecule has 0 aromatic heterocycles. The molecule has 0 saturated carbocycles. The van der Waals surface area contributed by atoms with E-state index in [0.29, 0.717) is 32.8 Å². The summed E-state index contributed by atoms with van der Waals surface area (Å²) in [6, 6.07) is 0. The van der Waals surface area contributed by atoms with Gasteiger partial charge in [-0.05, 0) is 20.8 Å². The average molecular weight is 206 g/mol. The molecule has 0 aromatic carbocycles. The Kier molecular flexibility index (Phi) is 9.29. The third-order valence-corrected chi connectivity index (χ3v) is 1.56. The molecule has 4 nitrogen and oxygen atoms in total. The first-order valence-corrected chi connectivity index (χ1v) is 5.19. The fraction of sp³-hybridized carbons (Fsp3) is 1.00. The highest BCUT2D eigenvalue weighted by atomic mass is 16.7. The molecule has 0 fully saturated rings. The van der Waals surface area contributed by atoms with Crippen molar-refractivity contribution in [1.29, 1.82) is 0 Å². The van der Waals surface area contributed by atoms with Crippen LogP contribution in [0.15, 0.2) is 0 Å². The Labute approximate surface area is 86.2 Å². The molecule has 4 heteroatoms. The molecule has 0 rings (SSSR count). The second-order valence-corrected chi connectivity index (χ2v) is 3.05. The van der Waals surface area contributed by atoms with Gasteiger partial charge in [0.1, 0.15) is 0 Å². The summed E-state index contributed by atoms with van der Waals surface area (Å²) >= 11 is 0. The number of aliphatic hydroxyl groups excluding tert-OH is 1. The first kappa shape index (κ1) is 13.8. The maximum Gasteiger partial charge on any atom is 0.159 e. The maximum atomic E-state index is 8.94. The molecule has 1 N–H and O–H groups in total. The monoisotopic (exact) mass is 206 g/mol. The van der Waals surface area contributed by atoms with Crippen LogP contribution in [0.25, 0.3) is 0 Å². The normalized spacial score (nSPS) is 13.5. The minimum absolute atomic E-state index is 0.181. The van der Waals surface area contributed by atoms with Gasteiger partial charge in [0.25, 0.3) is 0 Å². The largest absolute Gasteiger partial charge is 0.391 e. The number of hydrogen-bond donors (Lipinski definition) is 1. The Hall–Kier alpha value is -0.160. The summed E-state index contributed by atoms with van der Waals surface area (Å²) in [6.45, 7) is 7.76. The molecule has 0 radical (unpaired) electrons. The lowest BCUT2D eigenvalue weighted by atomic mass is 10.4. The van der Waals surface area contributed by atoms with Crippen LogP contribution in [0.4, 0.5) is 0 Å². The lowest BCUT2D eigenvalue weighted by Crippen LogP contribution is -2.21. The van der Waals surface area contributed by atoms with E-state index in [4.69, 9.17) is 19.3 Å². The van der Waals surface area contributed by atoms with Gasteiger partial charge >= 0.3 is 0 Å². The summed E-state index contributed by atoms with van der Waals surface area (Å²) in [5.74, 6) is 0. The predicted octanol–water partition coefficient (Wildman–Crippen LogP) is 1.17. The zero-order valence-corrected chi connectivity index (χ0v) is 9.36. The van der Waals surface area contributed by atoms with Crippen molar-refractivity contribution in [3.05, 3.63) is 0 Å². The highest BCUT2D eigenvalue weighted by molar-refractivity contribution is 4.46. The first-order valence-electron chi connectivity index (χ1n) is 5.19. The van der Waals surface area contributed by atoms with Crippen LogP contribution in [0.3, 0.4) is 0 Å². The molecule has 0 bridgehead atoms. The zero-order chi connectivity index (χ0) is 10.8. The molecule has 0 aliphatic carbocycles. The van der Waals surface area contributed by atoms with Crippen LogP contribution in [0.1, 0.15) is 27.2 Å². The summed E-state index contributed by atoms with van der Waals surface area (Å²) in [4.78, 5) is 0. The molecule has 0 spiro atoms. The van der Waals surface area contributed by atoms with E-state index in [1.54, 1.807) is 6.92 Å². The van der Waals surface area contributed by atoms with E-state index < -0.39 is 6.10 Å². The van der Waals surface area contributed by atoms with E-state index in [1.807, 2.05) is 13.8 Å². The molecule has 1 unspecified atom stereocenters. The van der Waals surface area contributed by atoms with Crippen molar-refractivity contribution in [2.45, 2.75) is 39.6 Å². The Morgan fingerprint density at radius 3 is 2.14 bits per heavy atom. The van der Waals surface area contributed by atoms with Crippen LogP contribution in [-0.4, -0.2) is 43.9 Å². The van der Waals surface area contributed by atoms with E-state index in [9.17, 15) is 0 Å². The molecule has 0 amide bonds. The molecule has 0 saturated heterocycles. The Morgan fingerprint density at radius 2 is 1.71 bits per heavy atom. The molecule has 0 aliphatic heterocycles. The summed E-state index contributed by atoms with van der Waals surface area (Å²) < 4.78 is 15.9. The van der Waals surface area contributed by atoms with E-state index in [-0.39, 0.29) is 6.29 Å². The fourth-order valence-corrected chi connectivity index (χ4v) is 1.02. The summed E-state index contributed by atoms with van der Waals surface area (Å²) in [6.07, 6.45) is 0.112. The molecular weight excluding hydrogens is 184 g/mol. The van der Waals surface area contributed by atoms with Crippen LogP contribution in [-0.2, 0) is 14.2 Å². The Morgan fingerprint density at radius 1 is 1.14 bits per heavy atom. The van der Waals surface area contributed by atoms with Gasteiger partial charge in [0.05, 0.1) is 19.3 Å². The summed E-state index contributed by atoms with van der Waals surface area (Å²) in [7, 11) is 0. The minimum Gasteiger partial charge on any atom is -0.391 e. The molecule has 14 heavy (non-hydrogen) atoms. The highest BCUT2D eigenvalue weighted by Crippen LogP contribution is 2.01. The van der Waals surface area contributed by atoms with Gasteiger partial charge in [-0.25, -0.2) is 0 Å². The average Bonchev–Trinajstić information content (AvgIpc) is 2.12. The van der Waals surface area contributed by atoms with Crippen LogP contribution >= 0.6 is 0 Å². The van der Waals surface area contributed by atoms with Gasteiger partial charge in [-0.15, -0.1) is 0 Å². The van der Waals surface area contributed by atoms with Crippen LogP contribution in [0.5, 0.6) is 0 Å². The van der Waals surface area contributed by atoms with Gasteiger partial charge in [0, 0.05) is 19.6 Å². The summed E-state index contributed by atoms with van der Waals surface area (Å²) in [5, 5.41) is 8.94. The van der Waals surface area contributed by atoms with Crippen LogP contribution in [0.2, 0.25) is 0 Å². The molecule has 1 atom stereocenters. The Balaban J connectivity index is 3.40. The first-order chi connectivity index (χ1) is 6.70. The zero-order valence-electron chi connectivity index (χ0n) is 9.36. The number of ether oxygens (including phenoxy) is 3. The van der Waals surface area contributed by atoms with E-state index >= 15 is 0 Å². The predicted molar refractivity (Wildman–Crippen MR) is 54.2 cm³/mol. The van der Waals surface area contributed by atoms with Crippen molar-refractivity contribution in [2.75, 3.05) is 26.4 Å². The van der Waals surface area contributed by atoms with Crippen LogP contribution < -0.4 is 0 Å². The number of hydrogen-bond acceptors (Lipinski definition) is 4. The molecule has 0 heterocycles. The van der Waals surface area contributed by atoms with Gasteiger partial charge in [0.15, 0.2) is 6.29 Å². The highest BCUT2D eigenvalue weighted by Gasteiger charge is 2.07. The Bertz CT molecular complexity index is 111. The fourth-order valence-electron chi connectivity index (χ4n) is 1.02. The van der Waals surface area contributed by atoms with E-state index in [1.165, 1.54) is 0 Å². The van der Waals surface area contributed by atoms with Crippen molar-refractivity contribution in [3.8, 4) is 0 Å². The van der Waals surface area contributed by atoms with Crippen molar-refractivity contribution >= 4 is 0 Å². The van der Waals surface area contributed by atoms with E-state index in [2.05, 4.69) is 0 Å². The number of rotatable bonds is 9. The number of aliphatic hydroxyl groups is 1. The van der Waals surface area contributed by atoms with Gasteiger partial charge < -0.3 is 19.3 Å². The molecular formula is C10H22O4. The third kappa shape index (κ3) is 8.44. The van der Waals surface area contributed by atoms with Gasteiger partial charge in [-0.3, -0.25) is 0 Å². The third-order valence-electron chi connectivity index (χ3n) is 1.56. The van der Waals surface area contributed by atoms with Gasteiger partial charge in [0.2, 0.25) is 0 Å². The SMILES string of the molecule is CCOC(CCOCC(C)O)OCC. The van der Waals surface area contributed by atoms with Crippen molar-refractivity contribution in [3.63, 3.8) is 0 Å². The molecule has 0 aromatic rings. The van der Waals surface area contributed by atoms with Crippen molar-refractivity contribution in [2.24, 2.45) is 0 Å². The smallest absolute Gasteiger partial charge is 0.159 e. The quantitative estimate of drug-likeness (QED) is 0.454. The molecule has 0 aliphatic rings. The minimum atomic E-state index is -0.410. The lowest BCUT2D eigenvalue weighted by Gasteiger charge is -2.16. The van der Waals surface area contributed by atoms with Gasteiger partial charge in [-0.2, -0.15) is 0 Å². The molecule has 86 valence electrons. The summed E-state index contributed by atoms with van der Waals surface area (Å²) in [5.41, 5.74) is 0. The second kappa shape index (κ2) is 9.40. The lowest BCUT2D eigenvalue weighted by molar-refractivity contribution is -0.147.